The molecule has 0 saturated carbocycles. The second-order valence-corrected chi connectivity index (χ2v) is 6.94. The summed E-state index contributed by atoms with van der Waals surface area (Å²) in [6.45, 7) is 8.35. The first-order valence-electron chi connectivity index (χ1n) is 7.00. The Morgan fingerprint density at radius 3 is 2.48 bits per heavy atom. The van der Waals surface area contributed by atoms with Crippen molar-refractivity contribution in [3.8, 4) is 0 Å². The van der Waals surface area contributed by atoms with Gasteiger partial charge in [0.05, 0.1) is 6.04 Å². The predicted octanol–water partition coefficient (Wildman–Crippen LogP) is 5.84. The van der Waals surface area contributed by atoms with Crippen molar-refractivity contribution in [2.75, 3.05) is 5.32 Å². The van der Waals surface area contributed by atoms with Gasteiger partial charge >= 0.3 is 0 Å². The highest BCUT2D eigenvalue weighted by Gasteiger charge is 2.21. The summed E-state index contributed by atoms with van der Waals surface area (Å²) in [6, 6.07) is 7.54. The molecule has 2 aromatic rings. The molecule has 0 aliphatic heterocycles. The van der Waals surface area contributed by atoms with E-state index in [9.17, 15) is 0 Å². The molecule has 1 atom stereocenters. The number of nitrogens with zero attached hydrogens (tertiary/aromatic N) is 1. The van der Waals surface area contributed by atoms with E-state index in [1.54, 1.807) is 6.07 Å². The number of benzene rings is 1. The second-order valence-electron chi connectivity index (χ2n) is 6.10. The summed E-state index contributed by atoms with van der Waals surface area (Å²) in [5.41, 5.74) is 0.941. The fourth-order valence-corrected chi connectivity index (χ4v) is 2.60. The van der Waals surface area contributed by atoms with Crippen molar-refractivity contribution in [3.63, 3.8) is 0 Å². The highest BCUT2D eigenvalue weighted by molar-refractivity contribution is 6.35. The number of aromatic nitrogens is 1. The molecular weight excluding hydrogens is 307 g/mol. The Morgan fingerprint density at radius 1 is 1.24 bits per heavy atom. The predicted molar refractivity (Wildman–Crippen MR) is 88.3 cm³/mol. The summed E-state index contributed by atoms with van der Waals surface area (Å²) < 4.78 is 5.39. The van der Waals surface area contributed by atoms with Crippen LogP contribution in [0.5, 0.6) is 0 Å². The fraction of sp³-hybridized carbons (Fsp3) is 0.438. The molecule has 0 saturated heterocycles. The molecule has 114 valence electrons. The first-order valence-corrected chi connectivity index (χ1v) is 7.75. The summed E-state index contributed by atoms with van der Waals surface area (Å²) >= 11 is 12.2. The molecule has 0 aliphatic rings. The zero-order valence-corrected chi connectivity index (χ0v) is 14.2. The number of nitrogens with one attached hydrogen (secondary N) is 1. The molecule has 1 N–H and O–H groups in total. The summed E-state index contributed by atoms with van der Waals surface area (Å²) in [6.07, 6.45) is 0.874. The van der Waals surface area contributed by atoms with Gasteiger partial charge in [-0.25, -0.2) is 0 Å². The van der Waals surface area contributed by atoms with E-state index < -0.39 is 0 Å². The van der Waals surface area contributed by atoms with E-state index in [1.165, 1.54) is 0 Å². The van der Waals surface area contributed by atoms with Gasteiger partial charge in [-0.15, -0.1) is 0 Å². The minimum absolute atomic E-state index is 0.0627. The van der Waals surface area contributed by atoms with Crippen LogP contribution >= 0.6 is 23.2 Å². The van der Waals surface area contributed by atoms with Crippen molar-refractivity contribution in [3.05, 3.63) is 45.6 Å². The minimum atomic E-state index is -0.0629. The van der Waals surface area contributed by atoms with E-state index >= 15 is 0 Å². The van der Waals surface area contributed by atoms with Crippen molar-refractivity contribution in [2.45, 2.75) is 45.6 Å². The Morgan fingerprint density at radius 2 is 1.95 bits per heavy atom. The SMILES string of the molecule is CCC(Nc1cc(C(C)(C)C)on1)c1ccc(Cl)cc1Cl. The Bertz CT molecular complexity index is 617. The molecule has 1 heterocycles. The van der Waals surface area contributed by atoms with E-state index in [0.29, 0.717) is 10.0 Å². The van der Waals surface area contributed by atoms with Gasteiger partial charge in [-0.1, -0.05) is 62.1 Å². The Hall–Kier alpha value is -1.19. The molecule has 0 bridgehead atoms. The van der Waals surface area contributed by atoms with Crippen LogP contribution in [0.15, 0.2) is 28.8 Å². The van der Waals surface area contributed by atoms with Gasteiger partial charge < -0.3 is 9.84 Å². The largest absolute Gasteiger partial charge is 0.360 e. The Balaban J connectivity index is 2.21. The standard InChI is InChI=1S/C16H20Cl2N2O/c1-5-13(11-7-6-10(17)8-12(11)18)19-15-9-14(21-20-15)16(2,3)4/h6-9,13H,5H2,1-4H3,(H,19,20). The van der Waals surface area contributed by atoms with Crippen LogP contribution in [0.25, 0.3) is 0 Å². The first kappa shape index (κ1) is 16.2. The molecule has 0 spiro atoms. The van der Waals surface area contributed by atoms with Crippen molar-refractivity contribution in [1.82, 2.24) is 5.16 Å². The van der Waals surface area contributed by atoms with Gasteiger partial charge in [-0.3, -0.25) is 0 Å². The highest BCUT2D eigenvalue weighted by Crippen LogP contribution is 2.31. The van der Waals surface area contributed by atoms with Gasteiger partial charge in [0.2, 0.25) is 0 Å². The molecule has 0 radical (unpaired) electrons. The molecule has 3 nitrogen and oxygen atoms in total. The number of halogens is 2. The number of hydrogen-bond donors (Lipinski definition) is 1. The third-order valence-electron chi connectivity index (χ3n) is 3.32. The van der Waals surface area contributed by atoms with Crippen molar-refractivity contribution < 1.29 is 4.52 Å². The minimum Gasteiger partial charge on any atom is -0.360 e. The smallest absolute Gasteiger partial charge is 0.170 e. The average molecular weight is 327 g/mol. The normalized spacial score (nSPS) is 13.2. The van der Waals surface area contributed by atoms with Crippen molar-refractivity contribution in [2.24, 2.45) is 0 Å². The topological polar surface area (TPSA) is 38.1 Å². The highest BCUT2D eigenvalue weighted by atomic mass is 35.5. The van der Waals surface area contributed by atoms with E-state index in [1.807, 2.05) is 18.2 Å². The van der Waals surface area contributed by atoms with Gasteiger partial charge in [0.1, 0.15) is 5.76 Å². The van der Waals surface area contributed by atoms with Crippen molar-refractivity contribution >= 4 is 29.0 Å². The fourth-order valence-electron chi connectivity index (χ4n) is 2.06. The molecule has 0 aliphatic carbocycles. The average Bonchev–Trinajstić information content (AvgIpc) is 2.85. The van der Waals surface area contributed by atoms with Crippen LogP contribution in [0.3, 0.4) is 0 Å². The maximum atomic E-state index is 6.28. The summed E-state index contributed by atoms with van der Waals surface area (Å²) in [7, 11) is 0. The van der Waals surface area contributed by atoms with Crippen molar-refractivity contribution in [1.29, 1.82) is 0 Å². The van der Waals surface area contributed by atoms with Crippen LogP contribution in [-0.4, -0.2) is 5.16 Å². The quantitative estimate of drug-likeness (QED) is 0.766. The summed E-state index contributed by atoms with van der Waals surface area (Å²) in [4.78, 5) is 0. The molecule has 1 aromatic carbocycles. The van der Waals surface area contributed by atoms with E-state index in [2.05, 4.69) is 38.2 Å². The molecule has 0 amide bonds. The third kappa shape index (κ3) is 3.92. The molecule has 1 unspecified atom stereocenters. The van der Waals surface area contributed by atoms with E-state index in [4.69, 9.17) is 27.7 Å². The zero-order chi connectivity index (χ0) is 15.6. The van der Waals surface area contributed by atoms with Crippen LogP contribution in [0, 0.1) is 0 Å². The van der Waals surface area contributed by atoms with Gasteiger partial charge in [-0.2, -0.15) is 0 Å². The number of anilines is 1. The summed E-state index contributed by atoms with van der Waals surface area (Å²) in [5.74, 6) is 1.57. The third-order valence-corrected chi connectivity index (χ3v) is 3.88. The number of hydrogen-bond acceptors (Lipinski definition) is 3. The second kappa shape index (κ2) is 6.29. The lowest BCUT2D eigenvalue weighted by Gasteiger charge is -2.18. The first-order chi connectivity index (χ1) is 9.81. The molecular formula is C16H20Cl2N2O. The maximum Gasteiger partial charge on any atom is 0.170 e. The van der Waals surface area contributed by atoms with Crippen LogP contribution in [0.1, 0.15) is 51.5 Å². The number of rotatable bonds is 4. The summed E-state index contributed by atoms with van der Waals surface area (Å²) in [5, 5.41) is 8.74. The van der Waals surface area contributed by atoms with Gasteiger partial charge in [0.25, 0.3) is 0 Å². The van der Waals surface area contributed by atoms with Crippen LogP contribution in [-0.2, 0) is 5.41 Å². The molecule has 2 rings (SSSR count). The monoisotopic (exact) mass is 326 g/mol. The van der Waals surface area contributed by atoms with E-state index in [-0.39, 0.29) is 11.5 Å². The lowest BCUT2D eigenvalue weighted by Crippen LogP contribution is -2.11. The van der Waals surface area contributed by atoms with Crippen LogP contribution in [0.4, 0.5) is 5.82 Å². The lowest BCUT2D eigenvalue weighted by atomic mass is 9.93. The lowest BCUT2D eigenvalue weighted by molar-refractivity contribution is 0.330. The molecule has 21 heavy (non-hydrogen) atoms. The van der Waals surface area contributed by atoms with Gasteiger partial charge in [0.15, 0.2) is 5.82 Å². The molecule has 1 aromatic heterocycles. The Labute approximate surface area is 135 Å². The Kier molecular flexibility index (Phi) is 4.84. The van der Waals surface area contributed by atoms with Gasteiger partial charge in [0, 0.05) is 21.5 Å². The van der Waals surface area contributed by atoms with E-state index in [0.717, 1.165) is 23.6 Å². The zero-order valence-electron chi connectivity index (χ0n) is 12.7. The van der Waals surface area contributed by atoms with Crippen LogP contribution in [0.2, 0.25) is 10.0 Å². The maximum absolute atomic E-state index is 6.28. The van der Waals surface area contributed by atoms with Crippen LogP contribution < -0.4 is 5.32 Å². The van der Waals surface area contributed by atoms with Gasteiger partial charge in [-0.05, 0) is 24.1 Å². The molecule has 0 fully saturated rings. The molecule has 5 heteroatoms.